The predicted octanol–water partition coefficient (Wildman–Crippen LogP) is 3.71. The van der Waals surface area contributed by atoms with Crippen molar-refractivity contribution in [3.05, 3.63) is 29.6 Å². The van der Waals surface area contributed by atoms with Crippen LogP contribution in [0.1, 0.15) is 45.1 Å². The molecule has 0 spiro atoms. The van der Waals surface area contributed by atoms with Crippen LogP contribution < -0.4 is 4.74 Å². The van der Waals surface area contributed by atoms with Gasteiger partial charge < -0.3 is 9.84 Å². The van der Waals surface area contributed by atoms with E-state index in [9.17, 15) is 9.50 Å². The second-order valence-corrected chi connectivity index (χ2v) is 6.23. The fourth-order valence-corrected chi connectivity index (χ4v) is 3.05. The lowest BCUT2D eigenvalue weighted by atomic mass is 9.63. The summed E-state index contributed by atoms with van der Waals surface area (Å²) in [5, 5.41) is 10.9. The van der Waals surface area contributed by atoms with Crippen molar-refractivity contribution in [2.75, 3.05) is 7.11 Å². The van der Waals surface area contributed by atoms with Crippen molar-refractivity contribution in [1.29, 1.82) is 0 Å². The molecule has 1 saturated carbocycles. The molecule has 19 heavy (non-hydrogen) atoms. The van der Waals surface area contributed by atoms with Gasteiger partial charge in [0.2, 0.25) is 0 Å². The highest BCUT2D eigenvalue weighted by molar-refractivity contribution is 5.32. The van der Waals surface area contributed by atoms with Crippen LogP contribution in [0.5, 0.6) is 5.75 Å². The van der Waals surface area contributed by atoms with E-state index in [4.69, 9.17) is 4.74 Å². The zero-order valence-corrected chi connectivity index (χ0v) is 12.0. The third-order valence-electron chi connectivity index (χ3n) is 4.65. The summed E-state index contributed by atoms with van der Waals surface area (Å²) in [5.41, 5.74) is -0.476. The number of ether oxygens (including phenoxy) is 1. The molecule has 1 N–H and O–H groups in total. The first-order valence-corrected chi connectivity index (χ1v) is 6.93. The SMILES string of the molecule is COc1cccc(CC2(O)CCCCC2(C)C)c1F. The van der Waals surface area contributed by atoms with Gasteiger partial charge in [0.1, 0.15) is 0 Å². The van der Waals surface area contributed by atoms with E-state index in [-0.39, 0.29) is 17.0 Å². The average molecular weight is 266 g/mol. The normalized spacial score (nSPS) is 26.2. The van der Waals surface area contributed by atoms with Crippen molar-refractivity contribution in [1.82, 2.24) is 0 Å². The second kappa shape index (κ2) is 5.12. The molecule has 1 aromatic rings. The monoisotopic (exact) mass is 266 g/mol. The van der Waals surface area contributed by atoms with Crippen molar-refractivity contribution in [3.63, 3.8) is 0 Å². The molecule has 2 nitrogen and oxygen atoms in total. The Labute approximate surface area is 114 Å². The van der Waals surface area contributed by atoms with Crippen molar-refractivity contribution in [2.45, 2.75) is 51.6 Å². The Bertz CT molecular complexity index is 456. The van der Waals surface area contributed by atoms with Gasteiger partial charge in [-0.3, -0.25) is 0 Å². The van der Waals surface area contributed by atoms with Crippen LogP contribution in [0.4, 0.5) is 4.39 Å². The topological polar surface area (TPSA) is 29.5 Å². The van der Waals surface area contributed by atoms with Gasteiger partial charge >= 0.3 is 0 Å². The van der Waals surface area contributed by atoms with Gasteiger partial charge in [0.25, 0.3) is 0 Å². The Kier molecular flexibility index (Phi) is 3.86. The summed E-state index contributed by atoms with van der Waals surface area (Å²) in [4.78, 5) is 0. The van der Waals surface area contributed by atoms with Gasteiger partial charge in [-0.05, 0) is 29.9 Å². The van der Waals surface area contributed by atoms with E-state index >= 15 is 0 Å². The largest absolute Gasteiger partial charge is 0.494 e. The van der Waals surface area contributed by atoms with Crippen LogP contribution in [-0.2, 0) is 6.42 Å². The molecule has 1 unspecified atom stereocenters. The van der Waals surface area contributed by atoms with Crippen LogP contribution in [0.2, 0.25) is 0 Å². The molecular weight excluding hydrogens is 243 g/mol. The summed E-state index contributed by atoms with van der Waals surface area (Å²) < 4.78 is 19.2. The number of rotatable bonds is 3. The zero-order chi connectivity index (χ0) is 14.1. The van der Waals surface area contributed by atoms with Crippen molar-refractivity contribution < 1.29 is 14.2 Å². The summed E-state index contributed by atoms with van der Waals surface area (Å²) in [6.07, 6.45) is 4.20. The second-order valence-electron chi connectivity index (χ2n) is 6.23. The van der Waals surface area contributed by atoms with Crippen molar-refractivity contribution in [2.24, 2.45) is 5.41 Å². The fourth-order valence-electron chi connectivity index (χ4n) is 3.05. The number of hydrogen-bond acceptors (Lipinski definition) is 2. The summed E-state index contributed by atoms with van der Waals surface area (Å²) in [6, 6.07) is 5.12. The van der Waals surface area contributed by atoms with Gasteiger partial charge in [0.15, 0.2) is 11.6 Å². The summed E-state index contributed by atoms with van der Waals surface area (Å²) in [7, 11) is 1.46. The third-order valence-corrected chi connectivity index (χ3v) is 4.65. The summed E-state index contributed by atoms with van der Waals surface area (Å²) in [5.74, 6) is -0.102. The molecule has 0 aromatic heterocycles. The number of aliphatic hydroxyl groups is 1. The minimum absolute atomic E-state index is 0.180. The van der Waals surface area contributed by atoms with Crippen LogP contribution >= 0.6 is 0 Å². The lowest BCUT2D eigenvalue weighted by Gasteiger charge is -2.46. The van der Waals surface area contributed by atoms with Crippen LogP contribution in [-0.4, -0.2) is 17.8 Å². The molecule has 0 radical (unpaired) electrons. The summed E-state index contributed by atoms with van der Waals surface area (Å²) in [6.45, 7) is 4.15. The maximum absolute atomic E-state index is 14.2. The molecule has 1 atom stereocenters. The van der Waals surface area contributed by atoms with E-state index in [1.165, 1.54) is 7.11 Å². The number of halogens is 1. The van der Waals surface area contributed by atoms with Crippen LogP contribution in [0.3, 0.4) is 0 Å². The zero-order valence-electron chi connectivity index (χ0n) is 12.0. The molecule has 3 heteroatoms. The molecule has 2 rings (SSSR count). The molecule has 106 valence electrons. The van der Waals surface area contributed by atoms with E-state index in [2.05, 4.69) is 13.8 Å². The highest BCUT2D eigenvalue weighted by Crippen LogP contribution is 2.46. The number of benzene rings is 1. The lowest BCUT2D eigenvalue weighted by Crippen LogP contribution is -2.49. The van der Waals surface area contributed by atoms with Gasteiger partial charge in [0, 0.05) is 6.42 Å². The first-order chi connectivity index (χ1) is 8.89. The Hall–Kier alpha value is -1.09. The van der Waals surface area contributed by atoms with E-state index in [0.29, 0.717) is 12.0 Å². The molecule has 0 aliphatic heterocycles. The smallest absolute Gasteiger partial charge is 0.168 e. The van der Waals surface area contributed by atoms with Crippen molar-refractivity contribution in [3.8, 4) is 5.75 Å². The van der Waals surface area contributed by atoms with E-state index in [0.717, 1.165) is 25.7 Å². The van der Waals surface area contributed by atoms with Gasteiger partial charge in [-0.15, -0.1) is 0 Å². The molecule has 0 heterocycles. The fraction of sp³-hybridized carbons (Fsp3) is 0.625. The highest BCUT2D eigenvalue weighted by Gasteiger charge is 2.45. The Balaban J connectivity index is 2.29. The maximum Gasteiger partial charge on any atom is 0.168 e. The lowest BCUT2D eigenvalue weighted by molar-refractivity contribution is -0.0962. The summed E-state index contributed by atoms with van der Waals surface area (Å²) >= 11 is 0. The quantitative estimate of drug-likeness (QED) is 0.903. The van der Waals surface area contributed by atoms with Crippen LogP contribution in [0.25, 0.3) is 0 Å². The average Bonchev–Trinajstić information content (AvgIpc) is 2.36. The van der Waals surface area contributed by atoms with Gasteiger partial charge in [-0.1, -0.05) is 38.8 Å². The minimum Gasteiger partial charge on any atom is -0.494 e. The van der Waals surface area contributed by atoms with Gasteiger partial charge in [-0.25, -0.2) is 4.39 Å². The van der Waals surface area contributed by atoms with Crippen LogP contribution in [0, 0.1) is 11.2 Å². The number of hydrogen-bond donors (Lipinski definition) is 1. The molecule has 0 saturated heterocycles. The van der Waals surface area contributed by atoms with E-state index in [1.54, 1.807) is 18.2 Å². The molecule has 0 amide bonds. The first-order valence-electron chi connectivity index (χ1n) is 6.93. The maximum atomic E-state index is 14.2. The van der Waals surface area contributed by atoms with Crippen molar-refractivity contribution >= 4 is 0 Å². The highest BCUT2D eigenvalue weighted by atomic mass is 19.1. The molecule has 1 fully saturated rings. The van der Waals surface area contributed by atoms with Gasteiger partial charge in [-0.2, -0.15) is 0 Å². The molecule has 0 bridgehead atoms. The van der Waals surface area contributed by atoms with E-state index < -0.39 is 5.60 Å². The van der Waals surface area contributed by atoms with Gasteiger partial charge in [0.05, 0.1) is 12.7 Å². The standard InChI is InChI=1S/C16H23FO2/c1-15(2)9-4-5-10-16(15,18)11-12-7-6-8-13(19-3)14(12)17/h6-8,18H,4-5,9-11H2,1-3H3. The Morgan fingerprint density at radius 2 is 1.95 bits per heavy atom. The number of methoxy groups -OCH3 is 1. The molecule has 1 aliphatic carbocycles. The molecular formula is C16H23FO2. The Morgan fingerprint density at radius 1 is 1.26 bits per heavy atom. The van der Waals surface area contributed by atoms with Crippen LogP contribution in [0.15, 0.2) is 18.2 Å². The molecule has 1 aliphatic rings. The van der Waals surface area contributed by atoms with E-state index in [1.807, 2.05) is 0 Å². The first kappa shape index (κ1) is 14.3. The Morgan fingerprint density at radius 3 is 2.58 bits per heavy atom. The minimum atomic E-state index is -0.835. The predicted molar refractivity (Wildman–Crippen MR) is 73.9 cm³/mol. The molecule has 1 aromatic carbocycles. The third kappa shape index (κ3) is 2.62.